The molecule has 1 unspecified atom stereocenters. The summed E-state index contributed by atoms with van der Waals surface area (Å²) in [7, 11) is 0. The molecule has 1 atom stereocenters. The average molecular weight is 344 g/mol. The van der Waals surface area contributed by atoms with Crippen molar-refractivity contribution in [1.29, 1.82) is 0 Å². The summed E-state index contributed by atoms with van der Waals surface area (Å²) < 4.78 is 10.8. The van der Waals surface area contributed by atoms with E-state index >= 15 is 0 Å². The summed E-state index contributed by atoms with van der Waals surface area (Å²) in [5, 5.41) is 13.0. The van der Waals surface area contributed by atoms with Crippen molar-refractivity contribution < 1.29 is 19.1 Å². The van der Waals surface area contributed by atoms with Crippen LogP contribution in [0.25, 0.3) is 21.7 Å². The van der Waals surface area contributed by atoms with Crippen LogP contribution in [0.1, 0.15) is 27.6 Å². The number of rotatable bonds is 1. The second kappa shape index (κ2) is 5.20. The maximum atomic E-state index is 12.6. The Morgan fingerprint density at radius 1 is 0.885 bits per heavy atom. The van der Waals surface area contributed by atoms with E-state index in [2.05, 4.69) is 0 Å². The highest BCUT2D eigenvalue weighted by molar-refractivity contribution is 6.09. The van der Waals surface area contributed by atoms with Crippen LogP contribution in [0, 0.1) is 0 Å². The zero-order valence-corrected chi connectivity index (χ0v) is 13.4. The molecule has 5 heteroatoms. The van der Waals surface area contributed by atoms with Crippen LogP contribution in [-0.4, -0.2) is 11.1 Å². The molecule has 0 amide bonds. The zero-order chi connectivity index (χ0) is 17.8. The van der Waals surface area contributed by atoms with Crippen LogP contribution in [-0.2, 0) is 4.74 Å². The lowest BCUT2D eigenvalue weighted by atomic mass is 9.97. The van der Waals surface area contributed by atoms with Crippen molar-refractivity contribution in [2.45, 2.75) is 6.10 Å². The molecule has 3 aromatic carbocycles. The molecule has 0 spiro atoms. The normalized spacial score (nSPS) is 16.0. The minimum atomic E-state index is -0.988. The summed E-state index contributed by atoms with van der Waals surface area (Å²) in [6.45, 7) is 0. The van der Waals surface area contributed by atoms with Crippen molar-refractivity contribution >= 4 is 27.7 Å². The fourth-order valence-corrected chi connectivity index (χ4v) is 3.56. The predicted octanol–water partition coefficient (Wildman–Crippen LogP) is 3.91. The van der Waals surface area contributed by atoms with Crippen molar-refractivity contribution in [1.82, 2.24) is 0 Å². The van der Waals surface area contributed by atoms with Crippen molar-refractivity contribution in [3.8, 4) is 5.75 Å². The van der Waals surface area contributed by atoms with Crippen molar-refractivity contribution in [3.63, 3.8) is 0 Å². The summed E-state index contributed by atoms with van der Waals surface area (Å²) in [6.07, 6.45) is -0.988. The smallest absolute Gasteiger partial charge is 0.347 e. The highest BCUT2D eigenvalue weighted by Gasteiger charge is 2.36. The average Bonchev–Trinajstić information content (AvgIpc) is 2.98. The van der Waals surface area contributed by atoms with Crippen LogP contribution in [0.4, 0.5) is 0 Å². The van der Waals surface area contributed by atoms with Crippen LogP contribution in [0.2, 0.25) is 0 Å². The quantitative estimate of drug-likeness (QED) is 0.322. The molecule has 0 saturated carbocycles. The molecule has 1 aliphatic rings. The number of carbonyl (C=O) groups excluding carboxylic acids is 1. The Labute approximate surface area is 147 Å². The number of fused-ring (bicyclic) bond motifs is 4. The van der Waals surface area contributed by atoms with Gasteiger partial charge in [0.15, 0.2) is 6.10 Å². The summed E-state index contributed by atoms with van der Waals surface area (Å²) >= 11 is 0. The van der Waals surface area contributed by atoms with E-state index in [1.807, 2.05) is 30.3 Å². The molecular formula is C21H12O5. The van der Waals surface area contributed by atoms with Gasteiger partial charge < -0.3 is 14.3 Å². The number of cyclic esters (lactones) is 1. The molecular weight excluding hydrogens is 332 g/mol. The molecule has 0 fully saturated rings. The molecule has 5 nitrogen and oxygen atoms in total. The van der Waals surface area contributed by atoms with Gasteiger partial charge in [-0.15, -0.1) is 0 Å². The third kappa shape index (κ3) is 1.91. The maximum absolute atomic E-state index is 12.6. The molecule has 1 aliphatic heterocycles. The fourth-order valence-electron chi connectivity index (χ4n) is 3.56. The van der Waals surface area contributed by atoms with Gasteiger partial charge in [0.25, 0.3) is 0 Å². The van der Waals surface area contributed by atoms with Gasteiger partial charge in [0.1, 0.15) is 16.9 Å². The van der Waals surface area contributed by atoms with E-state index in [0.29, 0.717) is 16.5 Å². The first-order valence-corrected chi connectivity index (χ1v) is 8.12. The number of carbonyl (C=O) groups is 1. The Morgan fingerprint density at radius 2 is 1.65 bits per heavy atom. The van der Waals surface area contributed by atoms with Gasteiger partial charge >= 0.3 is 11.6 Å². The van der Waals surface area contributed by atoms with E-state index < -0.39 is 17.7 Å². The van der Waals surface area contributed by atoms with Gasteiger partial charge in [-0.1, -0.05) is 48.5 Å². The first-order valence-electron chi connectivity index (χ1n) is 8.12. The molecule has 1 N–H and O–H groups in total. The number of hydrogen-bond donors (Lipinski definition) is 1. The monoisotopic (exact) mass is 344 g/mol. The molecule has 126 valence electrons. The Bertz CT molecular complexity index is 1270. The maximum Gasteiger partial charge on any atom is 0.347 e. The number of aromatic hydroxyl groups is 1. The largest absolute Gasteiger partial charge is 0.506 e. The number of hydrogen-bond acceptors (Lipinski definition) is 5. The third-order valence-corrected chi connectivity index (χ3v) is 4.76. The molecule has 0 saturated heterocycles. The standard InChI is InChI=1S/C21H12O5/c22-18-16-12-6-2-1-5-11(12)9-10-15(16)25-21(24)17(18)19-13-7-3-4-8-14(13)20(23)26-19/h1-10,19,22H. The molecule has 2 heterocycles. The second-order valence-corrected chi connectivity index (χ2v) is 6.18. The first kappa shape index (κ1) is 14.7. The van der Waals surface area contributed by atoms with Gasteiger partial charge in [-0.05, 0) is 22.9 Å². The summed E-state index contributed by atoms with van der Waals surface area (Å²) in [4.78, 5) is 24.7. The second-order valence-electron chi connectivity index (χ2n) is 6.18. The van der Waals surface area contributed by atoms with Gasteiger partial charge in [-0.2, -0.15) is 0 Å². The van der Waals surface area contributed by atoms with Crippen LogP contribution in [0.5, 0.6) is 5.75 Å². The molecule has 0 bridgehead atoms. The van der Waals surface area contributed by atoms with Gasteiger partial charge in [0, 0.05) is 5.56 Å². The van der Waals surface area contributed by atoms with Gasteiger partial charge in [0.05, 0.1) is 10.9 Å². The van der Waals surface area contributed by atoms with Crippen molar-refractivity contribution in [3.05, 3.63) is 87.8 Å². The Balaban J connectivity index is 1.86. The minimum Gasteiger partial charge on any atom is -0.506 e. The van der Waals surface area contributed by atoms with Crippen LogP contribution < -0.4 is 5.63 Å². The minimum absolute atomic E-state index is 0.0628. The number of ether oxygens (including phenoxy) is 1. The Morgan fingerprint density at radius 3 is 2.54 bits per heavy atom. The highest BCUT2D eigenvalue weighted by Crippen LogP contribution is 2.41. The van der Waals surface area contributed by atoms with Crippen LogP contribution in [0.3, 0.4) is 0 Å². The van der Waals surface area contributed by atoms with E-state index in [-0.39, 0.29) is 16.9 Å². The number of esters is 1. The SMILES string of the molecule is O=C1OC(c2c(O)c3c(ccc4ccccc43)oc2=O)c2ccccc21. The lowest BCUT2D eigenvalue weighted by Crippen LogP contribution is -2.14. The molecule has 1 aromatic heterocycles. The summed E-state index contributed by atoms with van der Waals surface area (Å²) in [6, 6.07) is 17.8. The zero-order valence-electron chi connectivity index (χ0n) is 13.4. The Kier molecular flexibility index (Phi) is 2.94. The molecule has 4 aromatic rings. The lowest BCUT2D eigenvalue weighted by Gasteiger charge is -2.14. The molecule has 5 rings (SSSR count). The van der Waals surface area contributed by atoms with Crippen molar-refractivity contribution in [2.24, 2.45) is 0 Å². The highest BCUT2D eigenvalue weighted by atomic mass is 16.6. The van der Waals surface area contributed by atoms with E-state index in [9.17, 15) is 14.7 Å². The first-order chi connectivity index (χ1) is 12.6. The summed E-state index contributed by atoms with van der Waals surface area (Å²) in [5.74, 6) is -0.745. The topological polar surface area (TPSA) is 76.7 Å². The number of benzene rings is 3. The van der Waals surface area contributed by atoms with Crippen LogP contribution in [0.15, 0.2) is 69.9 Å². The van der Waals surface area contributed by atoms with E-state index in [1.54, 1.807) is 30.3 Å². The molecule has 26 heavy (non-hydrogen) atoms. The van der Waals surface area contributed by atoms with Crippen LogP contribution >= 0.6 is 0 Å². The van der Waals surface area contributed by atoms with E-state index in [1.165, 1.54) is 0 Å². The van der Waals surface area contributed by atoms with Crippen molar-refractivity contribution in [2.75, 3.05) is 0 Å². The Hall–Kier alpha value is -3.60. The predicted molar refractivity (Wildman–Crippen MR) is 95.4 cm³/mol. The molecule has 0 radical (unpaired) electrons. The summed E-state index contributed by atoms with van der Waals surface area (Å²) in [5.41, 5.74) is 0.425. The van der Waals surface area contributed by atoms with Gasteiger partial charge in [0.2, 0.25) is 0 Å². The van der Waals surface area contributed by atoms with E-state index in [4.69, 9.17) is 9.15 Å². The fraction of sp³-hybridized carbons (Fsp3) is 0.0476. The third-order valence-electron chi connectivity index (χ3n) is 4.76. The van der Waals surface area contributed by atoms with Gasteiger partial charge in [-0.3, -0.25) is 0 Å². The lowest BCUT2D eigenvalue weighted by molar-refractivity contribution is 0.0448. The van der Waals surface area contributed by atoms with Gasteiger partial charge in [-0.25, -0.2) is 9.59 Å². The van der Waals surface area contributed by atoms with E-state index in [0.717, 1.165) is 10.8 Å². The molecule has 0 aliphatic carbocycles.